The summed E-state index contributed by atoms with van der Waals surface area (Å²) in [5, 5.41) is 13.5. The van der Waals surface area contributed by atoms with Crippen molar-refractivity contribution in [2.24, 2.45) is 0 Å². The number of nitrogens with one attached hydrogen (secondary N) is 1. The second-order valence-electron chi connectivity index (χ2n) is 7.03. The van der Waals surface area contributed by atoms with E-state index in [1.165, 1.54) is 0 Å². The summed E-state index contributed by atoms with van der Waals surface area (Å²) in [5.74, 6) is 0. The molecule has 2 atom stereocenters. The largest absolute Gasteiger partial charge is 0.444 e. The van der Waals surface area contributed by atoms with Gasteiger partial charge in [0.05, 0.1) is 5.60 Å². The first-order valence-corrected chi connectivity index (χ1v) is 7.55. The van der Waals surface area contributed by atoms with E-state index in [1.54, 1.807) is 18.9 Å². The topological polar surface area (TPSA) is 71.0 Å². The minimum absolute atomic E-state index is 0.200. The van der Waals surface area contributed by atoms with Crippen molar-refractivity contribution in [1.82, 2.24) is 10.2 Å². The summed E-state index contributed by atoms with van der Waals surface area (Å²) in [6.07, 6.45) is 1.19. The summed E-state index contributed by atoms with van der Waals surface area (Å²) < 4.78 is 10.3. The van der Waals surface area contributed by atoms with Gasteiger partial charge < -0.3 is 24.8 Å². The van der Waals surface area contributed by atoms with Crippen LogP contribution in [-0.2, 0) is 9.47 Å². The molecule has 2 unspecified atom stereocenters. The third-order valence-electron chi connectivity index (χ3n) is 3.46. The first kappa shape index (κ1) is 18.2. The molecule has 0 radical (unpaired) electrons. The smallest absolute Gasteiger partial charge is 0.410 e. The summed E-state index contributed by atoms with van der Waals surface area (Å²) in [5.41, 5.74) is -1.26. The zero-order valence-corrected chi connectivity index (χ0v) is 13.9. The molecule has 21 heavy (non-hydrogen) atoms. The van der Waals surface area contributed by atoms with Crippen LogP contribution < -0.4 is 5.32 Å². The van der Waals surface area contributed by atoms with E-state index in [1.807, 2.05) is 20.8 Å². The lowest BCUT2D eigenvalue weighted by molar-refractivity contribution is 0.0219. The van der Waals surface area contributed by atoms with Gasteiger partial charge in [0.2, 0.25) is 0 Å². The first-order chi connectivity index (χ1) is 9.63. The quantitative estimate of drug-likeness (QED) is 0.775. The van der Waals surface area contributed by atoms with E-state index in [4.69, 9.17) is 9.47 Å². The van der Waals surface area contributed by atoms with Gasteiger partial charge >= 0.3 is 6.09 Å². The minimum atomic E-state index is -0.796. The van der Waals surface area contributed by atoms with Gasteiger partial charge in [-0.1, -0.05) is 0 Å². The highest BCUT2D eigenvalue weighted by molar-refractivity contribution is 5.68. The van der Waals surface area contributed by atoms with Crippen LogP contribution in [0.4, 0.5) is 4.79 Å². The molecule has 1 rings (SSSR count). The van der Waals surface area contributed by atoms with E-state index in [9.17, 15) is 9.90 Å². The van der Waals surface area contributed by atoms with Crippen LogP contribution in [0.3, 0.4) is 0 Å². The summed E-state index contributed by atoms with van der Waals surface area (Å²) in [7, 11) is 1.62. The Balaban J connectivity index is 2.33. The number of likely N-dealkylation sites (tertiary alicyclic amines) is 1. The van der Waals surface area contributed by atoms with Gasteiger partial charge in [0.15, 0.2) is 0 Å². The van der Waals surface area contributed by atoms with Crippen molar-refractivity contribution < 1.29 is 19.4 Å². The molecule has 1 aliphatic heterocycles. The van der Waals surface area contributed by atoms with Crippen LogP contribution in [0.5, 0.6) is 0 Å². The molecule has 1 amide bonds. The molecule has 0 aromatic rings. The zero-order chi connectivity index (χ0) is 16.1. The molecule has 6 heteroatoms. The number of carbonyl (C=O) groups is 1. The molecule has 0 saturated carbocycles. The first-order valence-electron chi connectivity index (χ1n) is 7.55. The van der Waals surface area contributed by atoms with Gasteiger partial charge in [-0.2, -0.15) is 0 Å². The van der Waals surface area contributed by atoms with Crippen molar-refractivity contribution in [3.05, 3.63) is 0 Å². The Morgan fingerprint density at radius 1 is 1.38 bits per heavy atom. The number of hydrogen-bond donors (Lipinski definition) is 2. The molecule has 2 N–H and O–H groups in total. The highest BCUT2D eigenvalue weighted by Crippen LogP contribution is 2.16. The fraction of sp³-hybridized carbons (Fsp3) is 0.933. The lowest BCUT2D eigenvalue weighted by atomic mass is 10.0. The van der Waals surface area contributed by atoms with E-state index in [-0.39, 0.29) is 12.1 Å². The molecule has 0 aromatic heterocycles. The normalized spacial score (nSPS) is 22.2. The zero-order valence-electron chi connectivity index (χ0n) is 13.9. The van der Waals surface area contributed by atoms with Gasteiger partial charge in [0.25, 0.3) is 0 Å². The Morgan fingerprint density at radius 2 is 2.05 bits per heavy atom. The number of carbonyl (C=O) groups excluding carboxylic acids is 1. The second kappa shape index (κ2) is 7.42. The van der Waals surface area contributed by atoms with E-state index in [2.05, 4.69) is 5.32 Å². The number of aliphatic hydroxyl groups is 1. The van der Waals surface area contributed by atoms with Crippen LogP contribution in [0, 0.1) is 0 Å². The van der Waals surface area contributed by atoms with Crippen LogP contribution in [-0.4, -0.2) is 66.7 Å². The molecule has 0 aromatic carbocycles. The van der Waals surface area contributed by atoms with E-state index >= 15 is 0 Å². The summed E-state index contributed by atoms with van der Waals surface area (Å²) in [6, 6.07) is 0.200. The Morgan fingerprint density at radius 3 is 2.62 bits per heavy atom. The van der Waals surface area contributed by atoms with Crippen LogP contribution >= 0.6 is 0 Å². The molecular formula is C15H30N2O4. The molecule has 1 fully saturated rings. The Kier molecular flexibility index (Phi) is 6.43. The monoisotopic (exact) mass is 302 g/mol. The number of nitrogens with zero attached hydrogens (tertiary/aromatic N) is 1. The van der Waals surface area contributed by atoms with Crippen molar-refractivity contribution >= 4 is 6.09 Å². The molecule has 1 heterocycles. The minimum Gasteiger partial charge on any atom is -0.444 e. The molecule has 1 aliphatic rings. The fourth-order valence-electron chi connectivity index (χ4n) is 2.19. The number of methoxy groups -OCH3 is 1. The van der Waals surface area contributed by atoms with Gasteiger partial charge in [-0.05, 0) is 34.1 Å². The van der Waals surface area contributed by atoms with Crippen molar-refractivity contribution in [1.29, 1.82) is 0 Å². The van der Waals surface area contributed by atoms with Crippen LogP contribution in [0.25, 0.3) is 0 Å². The van der Waals surface area contributed by atoms with E-state index < -0.39 is 11.2 Å². The highest BCUT2D eigenvalue weighted by atomic mass is 16.6. The Bertz CT molecular complexity index is 339. The summed E-state index contributed by atoms with van der Waals surface area (Å²) in [4.78, 5) is 13.7. The Hall–Kier alpha value is -0.850. The second-order valence-corrected chi connectivity index (χ2v) is 7.03. The predicted octanol–water partition coefficient (Wildman–Crippen LogP) is 1.37. The number of ether oxygens (including phenoxy) is 2. The summed E-state index contributed by atoms with van der Waals surface area (Å²) in [6.45, 7) is 9.71. The standard InChI is InChI=1S/C15H30N2O4/c1-14(2,3)21-13(18)17-8-6-12(10-17)16-11-15(4,19)7-9-20-5/h12,16,19H,6-11H2,1-5H3. The maximum atomic E-state index is 12.0. The van der Waals surface area contributed by atoms with Crippen molar-refractivity contribution in [3.63, 3.8) is 0 Å². The van der Waals surface area contributed by atoms with Gasteiger partial charge in [0.1, 0.15) is 5.60 Å². The van der Waals surface area contributed by atoms with E-state index in [0.717, 1.165) is 6.42 Å². The number of rotatable bonds is 6. The van der Waals surface area contributed by atoms with Crippen molar-refractivity contribution in [3.8, 4) is 0 Å². The number of hydrogen-bond acceptors (Lipinski definition) is 5. The van der Waals surface area contributed by atoms with Gasteiger partial charge in [-0.15, -0.1) is 0 Å². The maximum Gasteiger partial charge on any atom is 0.410 e. The lowest BCUT2D eigenvalue weighted by Gasteiger charge is -2.26. The van der Waals surface area contributed by atoms with Crippen LogP contribution in [0.2, 0.25) is 0 Å². The van der Waals surface area contributed by atoms with E-state index in [0.29, 0.717) is 32.7 Å². The molecule has 1 saturated heterocycles. The molecule has 0 bridgehead atoms. The predicted molar refractivity (Wildman–Crippen MR) is 81.3 cm³/mol. The molecule has 0 aliphatic carbocycles. The fourth-order valence-corrected chi connectivity index (χ4v) is 2.19. The maximum absolute atomic E-state index is 12.0. The van der Waals surface area contributed by atoms with Gasteiger partial charge in [-0.25, -0.2) is 4.79 Å². The molecule has 6 nitrogen and oxygen atoms in total. The molecule has 0 spiro atoms. The van der Waals surface area contributed by atoms with Crippen LogP contribution in [0.15, 0.2) is 0 Å². The summed E-state index contributed by atoms with van der Waals surface area (Å²) >= 11 is 0. The Labute approximate surface area is 127 Å². The van der Waals surface area contributed by atoms with Crippen LogP contribution in [0.1, 0.15) is 40.5 Å². The van der Waals surface area contributed by atoms with Crippen molar-refractivity contribution in [2.75, 3.05) is 33.4 Å². The van der Waals surface area contributed by atoms with Gasteiger partial charge in [0, 0.05) is 45.8 Å². The van der Waals surface area contributed by atoms with Gasteiger partial charge in [-0.3, -0.25) is 0 Å². The van der Waals surface area contributed by atoms with Crippen molar-refractivity contribution in [2.45, 2.75) is 57.8 Å². The average Bonchev–Trinajstić information content (AvgIpc) is 2.81. The average molecular weight is 302 g/mol. The number of amides is 1. The lowest BCUT2D eigenvalue weighted by Crippen LogP contribution is -2.45. The molecular weight excluding hydrogens is 272 g/mol. The SMILES string of the molecule is COCCC(C)(O)CNC1CCN(C(=O)OC(C)(C)C)C1. The molecule has 124 valence electrons. The highest BCUT2D eigenvalue weighted by Gasteiger charge is 2.31. The third-order valence-corrected chi connectivity index (χ3v) is 3.46. The third kappa shape index (κ3) is 7.11.